The van der Waals surface area contributed by atoms with E-state index in [2.05, 4.69) is 4.72 Å². The fourth-order valence-electron chi connectivity index (χ4n) is 1.24. The fraction of sp³-hybridized carbons (Fsp3) is 0.909. The largest absolute Gasteiger partial charge is 0.481 e. The Morgan fingerprint density at radius 1 is 1.24 bits per heavy atom. The van der Waals surface area contributed by atoms with Gasteiger partial charge in [-0.1, -0.05) is 27.7 Å². The van der Waals surface area contributed by atoms with E-state index >= 15 is 0 Å². The lowest BCUT2D eigenvalue weighted by molar-refractivity contribution is -0.147. The summed E-state index contributed by atoms with van der Waals surface area (Å²) in [7, 11) is -3.43. The van der Waals surface area contributed by atoms with Crippen molar-refractivity contribution < 1.29 is 18.3 Å². The van der Waals surface area contributed by atoms with Crippen LogP contribution >= 0.6 is 0 Å². The molecule has 17 heavy (non-hydrogen) atoms. The summed E-state index contributed by atoms with van der Waals surface area (Å²) in [6, 6.07) is 0. The van der Waals surface area contributed by atoms with Crippen molar-refractivity contribution in [3.63, 3.8) is 0 Å². The first-order chi connectivity index (χ1) is 7.42. The van der Waals surface area contributed by atoms with Gasteiger partial charge in [-0.2, -0.15) is 0 Å². The third-order valence-corrected chi connectivity index (χ3v) is 4.43. The van der Waals surface area contributed by atoms with Crippen molar-refractivity contribution in [1.82, 2.24) is 4.72 Å². The SMILES string of the molecule is CCC(C)(CNS(=O)(=O)CC(C)(C)C)C(=O)O. The van der Waals surface area contributed by atoms with E-state index in [0.717, 1.165) is 0 Å². The molecule has 0 radical (unpaired) electrons. The zero-order valence-corrected chi connectivity index (χ0v) is 12.0. The predicted molar refractivity (Wildman–Crippen MR) is 67.3 cm³/mol. The summed E-state index contributed by atoms with van der Waals surface area (Å²) >= 11 is 0. The van der Waals surface area contributed by atoms with Gasteiger partial charge in [0.15, 0.2) is 0 Å². The van der Waals surface area contributed by atoms with Crippen LogP contribution in [0.15, 0.2) is 0 Å². The van der Waals surface area contributed by atoms with E-state index in [-0.39, 0.29) is 17.7 Å². The van der Waals surface area contributed by atoms with Gasteiger partial charge in [-0.05, 0) is 18.8 Å². The number of carboxylic acids is 1. The van der Waals surface area contributed by atoms with Crippen LogP contribution in [0.2, 0.25) is 0 Å². The molecule has 6 heteroatoms. The number of sulfonamides is 1. The summed E-state index contributed by atoms with van der Waals surface area (Å²) in [4.78, 5) is 11.0. The van der Waals surface area contributed by atoms with Gasteiger partial charge in [0.2, 0.25) is 10.0 Å². The summed E-state index contributed by atoms with van der Waals surface area (Å²) in [5.74, 6) is -1.00. The Bertz CT molecular complexity index is 369. The molecule has 1 atom stereocenters. The zero-order valence-electron chi connectivity index (χ0n) is 11.2. The number of aliphatic carboxylic acids is 1. The molecule has 0 aromatic rings. The fourth-order valence-corrected chi connectivity index (χ4v) is 3.02. The van der Waals surface area contributed by atoms with Crippen molar-refractivity contribution in [3.05, 3.63) is 0 Å². The molecule has 0 bridgehead atoms. The quantitative estimate of drug-likeness (QED) is 0.761. The molecule has 102 valence electrons. The highest BCUT2D eigenvalue weighted by Crippen LogP contribution is 2.21. The Labute approximate surface area is 104 Å². The molecule has 0 spiro atoms. The molecule has 0 aromatic heterocycles. The van der Waals surface area contributed by atoms with Crippen LogP contribution in [0.5, 0.6) is 0 Å². The maximum absolute atomic E-state index is 11.7. The molecule has 0 aliphatic rings. The van der Waals surface area contributed by atoms with Crippen molar-refractivity contribution >= 4 is 16.0 Å². The molecule has 1 unspecified atom stereocenters. The summed E-state index contributed by atoms with van der Waals surface area (Å²) in [5, 5.41) is 9.03. The summed E-state index contributed by atoms with van der Waals surface area (Å²) < 4.78 is 25.8. The van der Waals surface area contributed by atoms with Gasteiger partial charge in [-0.3, -0.25) is 4.79 Å². The van der Waals surface area contributed by atoms with E-state index in [9.17, 15) is 13.2 Å². The highest BCUT2D eigenvalue weighted by atomic mass is 32.2. The molecular formula is C11H23NO4S. The molecule has 0 aromatic carbocycles. The van der Waals surface area contributed by atoms with Crippen molar-refractivity contribution in [1.29, 1.82) is 0 Å². The van der Waals surface area contributed by atoms with Crippen LogP contribution in [0.3, 0.4) is 0 Å². The van der Waals surface area contributed by atoms with Crippen LogP contribution < -0.4 is 4.72 Å². The van der Waals surface area contributed by atoms with Crippen LogP contribution in [-0.2, 0) is 14.8 Å². The minimum Gasteiger partial charge on any atom is -0.481 e. The number of carbonyl (C=O) groups is 1. The van der Waals surface area contributed by atoms with Gasteiger partial charge >= 0.3 is 5.97 Å². The van der Waals surface area contributed by atoms with Gasteiger partial charge in [0, 0.05) is 6.54 Å². The van der Waals surface area contributed by atoms with E-state index < -0.39 is 21.4 Å². The standard InChI is InChI=1S/C11H23NO4S/c1-6-11(5,9(13)14)7-12-17(15,16)8-10(2,3)4/h12H,6-8H2,1-5H3,(H,13,14). The second-order valence-electron chi connectivity index (χ2n) is 5.86. The van der Waals surface area contributed by atoms with Crippen LogP contribution in [0.25, 0.3) is 0 Å². The molecule has 0 heterocycles. The molecule has 0 saturated carbocycles. The molecule has 5 nitrogen and oxygen atoms in total. The molecular weight excluding hydrogens is 242 g/mol. The monoisotopic (exact) mass is 265 g/mol. The predicted octanol–water partition coefficient (Wildman–Crippen LogP) is 1.45. The van der Waals surface area contributed by atoms with E-state index in [4.69, 9.17) is 5.11 Å². The summed E-state index contributed by atoms with van der Waals surface area (Å²) in [6.07, 6.45) is 0.375. The number of rotatable bonds is 6. The van der Waals surface area contributed by atoms with Crippen molar-refractivity contribution in [2.75, 3.05) is 12.3 Å². The number of hydrogen-bond acceptors (Lipinski definition) is 3. The molecule has 0 fully saturated rings. The van der Waals surface area contributed by atoms with Crippen molar-refractivity contribution in [2.24, 2.45) is 10.8 Å². The molecule has 0 amide bonds. The van der Waals surface area contributed by atoms with Crippen LogP contribution in [0, 0.1) is 10.8 Å². The third kappa shape index (κ3) is 6.02. The van der Waals surface area contributed by atoms with Crippen molar-refractivity contribution in [2.45, 2.75) is 41.0 Å². The number of nitrogens with one attached hydrogen (secondary N) is 1. The van der Waals surface area contributed by atoms with Crippen LogP contribution in [0.1, 0.15) is 41.0 Å². The topological polar surface area (TPSA) is 83.5 Å². The summed E-state index contributed by atoms with van der Waals surface area (Å²) in [5.41, 5.74) is -1.40. The van der Waals surface area contributed by atoms with E-state index in [1.54, 1.807) is 6.92 Å². The highest BCUT2D eigenvalue weighted by Gasteiger charge is 2.33. The normalized spacial score (nSPS) is 16.5. The molecule has 0 aliphatic heterocycles. The molecule has 0 saturated heterocycles. The molecule has 2 N–H and O–H groups in total. The Hall–Kier alpha value is -0.620. The minimum atomic E-state index is -3.43. The lowest BCUT2D eigenvalue weighted by Gasteiger charge is -2.25. The molecule has 0 rings (SSSR count). The maximum atomic E-state index is 11.7. The van der Waals surface area contributed by atoms with Gasteiger partial charge in [-0.15, -0.1) is 0 Å². The van der Waals surface area contributed by atoms with E-state index in [1.165, 1.54) is 6.92 Å². The Balaban J connectivity index is 4.62. The molecule has 0 aliphatic carbocycles. The minimum absolute atomic E-state index is 0.0145. The number of carboxylic acid groups (broad SMARTS) is 1. The van der Waals surface area contributed by atoms with Gasteiger partial charge in [0.25, 0.3) is 0 Å². The maximum Gasteiger partial charge on any atom is 0.310 e. The van der Waals surface area contributed by atoms with Gasteiger partial charge in [0.1, 0.15) is 0 Å². The average Bonchev–Trinajstić information content (AvgIpc) is 2.10. The lowest BCUT2D eigenvalue weighted by atomic mass is 9.88. The van der Waals surface area contributed by atoms with Gasteiger partial charge < -0.3 is 5.11 Å². The number of hydrogen-bond donors (Lipinski definition) is 2. The first-order valence-corrected chi connectivity index (χ1v) is 7.28. The second-order valence-corrected chi connectivity index (χ2v) is 7.67. The van der Waals surface area contributed by atoms with Crippen LogP contribution in [-0.4, -0.2) is 31.8 Å². The summed E-state index contributed by atoms with van der Waals surface area (Å²) in [6.45, 7) is 8.66. The van der Waals surface area contributed by atoms with E-state index in [1.807, 2.05) is 20.8 Å². The van der Waals surface area contributed by atoms with Gasteiger partial charge in [0.05, 0.1) is 11.2 Å². The average molecular weight is 265 g/mol. The van der Waals surface area contributed by atoms with Gasteiger partial charge in [-0.25, -0.2) is 13.1 Å². The highest BCUT2D eigenvalue weighted by molar-refractivity contribution is 7.89. The smallest absolute Gasteiger partial charge is 0.310 e. The lowest BCUT2D eigenvalue weighted by Crippen LogP contribution is -2.42. The first kappa shape index (κ1) is 16.4. The Kier molecular flexibility index (Phi) is 5.16. The zero-order chi connectivity index (χ0) is 13.9. The first-order valence-electron chi connectivity index (χ1n) is 5.63. The Morgan fingerprint density at radius 3 is 2.00 bits per heavy atom. The third-order valence-electron chi connectivity index (χ3n) is 2.60. The Morgan fingerprint density at radius 2 is 1.71 bits per heavy atom. The second kappa shape index (κ2) is 5.35. The van der Waals surface area contributed by atoms with E-state index in [0.29, 0.717) is 6.42 Å². The van der Waals surface area contributed by atoms with Crippen molar-refractivity contribution in [3.8, 4) is 0 Å². The van der Waals surface area contributed by atoms with Crippen LogP contribution in [0.4, 0.5) is 0 Å².